The molecule has 2 aromatic carbocycles. The maximum absolute atomic E-state index is 13.0. The summed E-state index contributed by atoms with van der Waals surface area (Å²) in [6, 6.07) is 16.4. The first-order valence-corrected chi connectivity index (χ1v) is 9.49. The number of carbonyl (C=O) groups is 1. The molecule has 3 heteroatoms. The Labute approximate surface area is 157 Å². The van der Waals surface area contributed by atoms with E-state index in [1.54, 1.807) is 13.8 Å². The van der Waals surface area contributed by atoms with E-state index >= 15 is 0 Å². The first-order valence-electron chi connectivity index (χ1n) is 9.49. The highest BCUT2D eigenvalue weighted by Crippen LogP contribution is 2.59. The third-order valence-electron chi connectivity index (χ3n) is 6.27. The maximum Gasteiger partial charge on any atom is 0.253 e. The summed E-state index contributed by atoms with van der Waals surface area (Å²) in [5.41, 5.74) is 3.41. The molecule has 1 aliphatic heterocycles. The number of likely N-dealkylation sites (tertiary alicyclic amines) is 1. The van der Waals surface area contributed by atoms with Crippen LogP contribution in [-0.4, -0.2) is 29.0 Å². The summed E-state index contributed by atoms with van der Waals surface area (Å²) in [5.74, 6) is 0.698. The number of carbonyl (C=O) groups excluding carboxylic acids is 1. The zero-order chi connectivity index (χ0) is 18.5. The van der Waals surface area contributed by atoms with Crippen molar-refractivity contribution in [3.8, 4) is 0 Å². The lowest BCUT2D eigenvalue weighted by Crippen LogP contribution is -2.40. The predicted octanol–water partition coefficient (Wildman–Crippen LogP) is 4.27. The molecule has 26 heavy (non-hydrogen) atoms. The molecule has 2 aliphatic rings. The van der Waals surface area contributed by atoms with Crippen LogP contribution in [-0.2, 0) is 11.0 Å². The number of aliphatic hydroxyl groups is 1. The Morgan fingerprint density at radius 2 is 1.96 bits per heavy atom. The molecule has 2 atom stereocenters. The smallest absolute Gasteiger partial charge is 0.253 e. The van der Waals surface area contributed by atoms with Crippen LogP contribution in [0.4, 0.5) is 0 Å². The van der Waals surface area contributed by atoms with Crippen molar-refractivity contribution in [3.63, 3.8) is 0 Å². The van der Waals surface area contributed by atoms with Gasteiger partial charge in [-0.25, -0.2) is 0 Å². The van der Waals surface area contributed by atoms with Gasteiger partial charge in [-0.15, -0.1) is 0 Å². The number of aryl methyl sites for hydroxylation is 1. The molecule has 0 aromatic heterocycles. The Hall–Kier alpha value is -2.13. The molecule has 2 unspecified atom stereocenters. The molecule has 1 amide bonds. The lowest BCUT2D eigenvalue weighted by molar-refractivity contribution is 0.0702. The van der Waals surface area contributed by atoms with Gasteiger partial charge in [0.25, 0.3) is 5.91 Å². The van der Waals surface area contributed by atoms with Gasteiger partial charge in [-0.2, -0.15) is 0 Å². The molecule has 1 saturated heterocycles. The number of rotatable bonds is 3. The molecule has 1 saturated carbocycles. The first kappa shape index (κ1) is 17.3. The van der Waals surface area contributed by atoms with Crippen molar-refractivity contribution in [2.75, 3.05) is 13.1 Å². The summed E-state index contributed by atoms with van der Waals surface area (Å²) in [5, 5.41) is 10.2. The van der Waals surface area contributed by atoms with Crippen molar-refractivity contribution in [2.24, 2.45) is 5.92 Å². The van der Waals surface area contributed by atoms with Crippen LogP contribution >= 0.6 is 0 Å². The normalized spacial score (nSPS) is 24.9. The van der Waals surface area contributed by atoms with Crippen molar-refractivity contribution in [1.29, 1.82) is 0 Å². The summed E-state index contributed by atoms with van der Waals surface area (Å²) >= 11 is 0. The van der Waals surface area contributed by atoms with Crippen LogP contribution in [0.15, 0.2) is 48.5 Å². The molecule has 138 valence electrons. The van der Waals surface area contributed by atoms with Gasteiger partial charge >= 0.3 is 0 Å². The van der Waals surface area contributed by atoms with E-state index in [-0.39, 0.29) is 7.33 Å². The van der Waals surface area contributed by atoms with E-state index in [4.69, 9.17) is 0 Å². The summed E-state index contributed by atoms with van der Waals surface area (Å²) in [6.07, 6.45) is 2.24. The van der Waals surface area contributed by atoms with E-state index in [1.165, 1.54) is 12.0 Å². The second-order valence-electron chi connectivity index (χ2n) is 8.51. The summed E-state index contributed by atoms with van der Waals surface area (Å²) < 4.78 is 0. The van der Waals surface area contributed by atoms with Crippen LogP contribution in [0, 0.1) is 12.8 Å². The van der Waals surface area contributed by atoms with Crippen molar-refractivity contribution >= 4 is 5.91 Å². The summed E-state index contributed by atoms with van der Waals surface area (Å²) in [6.45, 7) is 7.17. The van der Waals surface area contributed by atoms with Crippen molar-refractivity contribution in [3.05, 3.63) is 70.8 Å². The fraction of sp³-hybridized carbons (Fsp3) is 0.435. The van der Waals surface area contributed by atoms with Crippen LogP contribution < -0.4 is 0 Å². The van der Waals surface area contributed by atoms with Crippen LogP contribution in [0.2, 0.25) is 0 Å². The van der Waals surface area contributed by atoms with Crippen molar-refractivity contribution < 1.29 is 11.3 Å². The van der Waals surface area contributed by atoms with Gasteiger partial charge in [0.2, 0.25) is 0 Å². The Kier molecular flexibility index (Phi) is 3.96. The number of amides is 1. The summed E-state index contributed by atoms with van der Waals surface area (Å²) in [4.78, 5) is 15.0. The van der Waals surface area contributed by atoms with Crippen LogP contribution in [0.1, 0.15) is 55.2 Å². The average Bonchev–Trinajstić information content (AvgIpc) is 3.35. The van der Waals surface area contributed by atoms with Crippen molar-refractivity contribution in [2.45, 2.75) is 44.6 Å². The minimum absolute atomic E-state index is 0. The fourth-order valence-electron chi connectivity index (χ4n) is 4.74. The molecule has 3 nitrogen and oxygen atoms in total. The van der Waals surface area contributed by atoms with Gasteiger partial charge in [0.05, 0.1) is 5.60 Å². The number of fused-ring (bicyclic) bond motifs is 1. The second kappa shape index (κ2) is 5.95. The molecular formula is C23H29NO2. The molecule has 2 aromatic rings. The fourth-order valence-corrected chi connectivity index (χ4v) is 4.74. The van der Waals surface area contributed by atoms with Crippen LogP contribution in [0.3, 0.4) is 0 Å². The van der Waals surface area contributed by atoms with Gasteiger partial charge in [-0.3, -0.25) is 4.79 Å². The highest BCUT2D eigenvalue weighted by molar-refractivity contribution is 5.94. The molecule has 1 aliphatic carbocycles. The quantitative estimate of drug-likeness (QED) is 0.897. The lowest BCUT2D eigenvalue weighted by atomic mass is 9.87. The number of nitrogens with zero attached hydrogens (tertiary/aromatic N) is 1. The van der Waals surface area contributed by atoms with Gasteiger partial charge in [0.1, 0.15) is 0 Å². The molecule has 1 heterocycles. The number of hydrogen-bond acceptors (Lipinski definition) is 2. The van der Waals surface area contributed by atoms with Crippen molar-refractivity contribution in [1.82, 2.24) is 4.90 Å². The number of hydrogen-bond donors (Lipinski definition) is 1. The van der Waals surface area contributed by atoms with E-state index in [9.17, 15) is 9.90 Å². The molecule has 1 N–H and O–H groups in total. The number of piperidine rings is 1. The van der Waals surface area contributed by atoms with Gasteiger partial charge in [0.15, 0.2) is 0 Å². The molecule has 2 fully saturated rings. The third-order valence-corrected chi connectivity index (χ3v) is 6.27. The zero-order valence-corrected chi connectivity index (χ0v) is 15.8. The van der Waals surface area contributed by atoms with E-state index in [0.717, 1.165) is 36.2 Å². The van der Waals surface area contributed by atoms with E-state index in [1.807, 2.05) is 30.0 Å². The maximum atomic E-state index is 13.0. The van der Waals surface area contributed by atoms with E-state index in [0.29, 0.717) is 11.3 Å². The third kappa shape index (κ3) is 2.84. The molecule has 0 radical (unpaired) electrons. The lowest BCUT2D eigenvalue weighted by Gasteiger charge is -2.32. The Morgan fingerprint density at radius 1 is 1.23 bits per heavy atom. The van der Waals surface area contributed by atoms with Gasteiger partial charge < -0.3 is 10.0 Å². The topological polar surface area (TPSA) is 40.5 Å². The minimum atomic E-state index is -0.889. The Morgan fingerprint density at radius 3 is 2.58 bits per heavy atom. The monoisotopic (exact) mass is 351 g/mol. The average molecular weight is 351 g/mol. The highest BCUT2D eigenvalue weighted by atomic mass is 16.3. The molecule has 4 rings (SSSR count). The van der Waals surface area contributed by atoms with Crippen LogP contribution in [0.25, 0.3) is 0 Å². The Balaban J connectivity index is 0.00000210. The SMILES string of the molecule is Cc1cc(C(=O)N2CCC3(c4ccccc4)CC3C2)ccc1C(C)(C)O.[HH]. The second-order valence-corrected chi connectivity index (χ2v) is 8.51. The van der Waals surface area contributed by atoms with E-state index < -0.39 is 5.60 Å². The molecule has 0 spiro atoms. The zero-order valence-electron chi connectivity index (χ0n) is 15.8. The summed E-state index contributed by atoms with van der Waals surface area (Å²) in [7, 11) is 0. The Bertz CT molecular complexity index is 843. The van der Waals surface area contributed by atoms with Crippen LogP contribution in [0.5, 0.6) is 0 Å². The molecular weight excluding hydrogens is 322 g/mol. The highest BCUT2D eigenvalue weighted by Gasteiger charge is 2.57. The van der Waals surface area contributed by atoms with E-state index in [2.05, 4.69) is 30.3 Å². The first-order chi connectivity index (χ1) is 12.3. The van der Waals surface area contributed by atoms with Gasteiger partial charge in [-0.05, 0) is 68.4 Å². The van der Waals surface area contributed by atoms with Gasteiger partial charge in [-0.1, -0.05) is 36.4 Å². The predicted molar refractivity (Wildman–Crippen MR) is 105 cm³/mol. The largest absolute Gasteiger partial charge is 0.386 e. The van der Waals surface area contributed by atoms with Gasteiger partial charge in [0, 0.05) is 25.5 Å². The molecule has 0 bridgehead atoms. The number of benzene rings is 2. The standard InChI is InChI=1S/C23H27NO2.H2/c1-16-13-17(9-10-20(16)22(2,3)26)21(25)24-12-11-23(14-19(23)15-24)18-7-5-4-6-8-18;/h4-10,13,19,26H,11-12,14-15H2,1-3H3;1H. The minimum Gasteiger partial charge on any atom is -0.386 e.